The molecule has 2 aromatic rings. The molecule has 0 radical (unpaired) electrons. The highest BCUT2D eigenvalue weighted by atomic mass is 19.1. The Kier molecular flexibility index (Phi) is 4.28. The quantitative estimate of drug-likeness (QED) is 0.921. The zero-order valence-electron chi connectivity index (χ0n) is 13.3. The van der Waals surface area contributed by atoms with Crippen LogP contribution >= 0.6 is 0 Å². The van der Waals surface area contributed by atoms with Crippen molar-refractivity contribution in [2.45, 2.75) is 26.3 Å². The third-order valence-corrected chi connectivity index (χ3v) is 4.07. The molecule has 1 aromatic heterocycles. The normalized spacial score (nSPS) is 18.7. The number of amides is 2. The minimum absolute atomic E-state index is 0.112. The second kappa shape index (κ2) is 6.38. The molecule has 2 amide bonds. The largest absolute Gasteiger partial charge is 0.346 e. The Hall–Kier alpha value is -2.77. The fraction of sp³-hybridized carbons (Fsp3) is 0.375. The maximum atomic E-state index is 13.4. The minimum Gasteiger partial charge on any atom is -0.346 e. The van der Waals surface area contributed by atoms with Crippen molar-refractivity contribution in [1.29, 1.82) is 0 Å². The highest BCUT2D eigenvalue weighted by molar-refractivity contribution is 6.00. The lowest BCUT2D eigenvalue weighted by molar-refractivity contribution is -0.126. The maximum Gasteiger partial charge on any atom is 0.227 e. The van der Waals surface area contributed by atoms with Crippen LogP contribution in [0.2, 0.25) is 0 Å². The van der Waals surface area contributed by atoms with Crippen LogP contribution < -0.4 is 10.2 Å². The van der Waals surface area contributed by atoms with E-state index >= 15 is 0 Å². The summed E-state index contributed by atoms with van der Waals surface area (Å²) < 4.78 is 18.0. The fourth-order valence-electron chi connectivity index (χ4n) is 2.69. The molecule has 2 heterocycles. The van der Waals surface area contributed by atoms with E-state index < -0.39 is 12.0 Å². The molecular formula is C16H17FN4O3. The highest BCUT2D eigenvalue weighted by Crippen LogP contribution is 2.27. The lowest BCUT2D eigenvalue weighted by Crippen LogP contribution is -2.35. The summed E-state index contributed by atoms with van der Waals surface area (Å²) in [5.74, 6) is -0.833. The monoisotopic (exact) mass is 332 g/mol. The summed E-state index contributed by atoms with van der Waals surface area (Å²) in [5, 5.41) is 6.45. The molecule has 0 saturated carbocycles. The molecule has 1 aliphatic heterocycles. The number of halogens is 1. The predicted octanol–water partition coefficient (Wildman–Crippen LogP) is 1.75. The van der Waals surface area contributed by atoms with Crippen molar-refractivity contribution in [3.8, 4) is 0 Å². The molecule has 3 rings (SSSR count). The van der Waals surface area contributed by atoms with Gasteiger partial charge in [-0.25, -0.2) is 4.39 Å². The van der Waals surface area contributed by atoms with E-state index in [0.717, 1.165) is 0 Å². The summed E-state index contributed by atoms with van der Waals surface area (Å²) in [7, 11) is 0. The van der Waals surface area contributed by atoms with Gasteiger partial charge in [0.15, 0.2) is 5.82 Å². The number of hydrogen-bond donors (Lipinski definition) is 1. The summed E-state index contributed by atoms with van der Waals surface area (Å²) in [6, 6.07) is 4.06. The topological polar surface area (TPSA) is 88.3 Å². The number of nitrogens with one attached hydrogen (secondary N) is 1. The first-order valence-electron chi connectivity index (χ1n) is 7.59. The Balaban J connectivity index is 1.67. The molecule has 8 heteroatoms. The van der Waals surface area contributed by atoms with Crippen molar-refractivity contribution in [2.24, 2.45) is 5.92 Å². The van der Waals surface area contributed by atoms with Crippen LogP contribution in [0.4, 0.5) is 10.1 Å². The van der Waals surface area contributed by atoms with E-state index in [4.69, 9.17) is 0 Å². The van der Waals surface area contributed by atoms with E-state index in [0.29, 0.717) is 17.1 Å². The minimum atomic E-state index is -0.475. The molecule has 0 unspecified atom stereocenters. The Bertz CT molecular complexity index is 763. The van der Waals surface area contributed by atoms with E-state index in [1.54, 1.807) is 26.0 Å². The molecular weight excluding hydrogens is 315 g/mol. The number of anilines is 1. The van der Waals surface area contributed by atoms with E-state index in [9.17, 15) is 14.0 Å². The van der Waals surface area contributed by atoms with E-state index in [2.05, 4.69) is 20.0 Å². The van der Waals surface area contributed by atoms with Gasteiger partial charge in [-0.3, -0.25) is 9.59 Å². The molecule has 1 saturated heterocycles. The molecule has 0 bridgehead atoms. The molecule has 0 spiro atoms. The molecule has 24 heavy (non-hydrogen) atoms. The van der Waals surface area contributed by atoms with Crippen LogP contribution in [-0.4, -0.2) is 28.5 Å². The van der Waals surface area contributed by atoms with Gasteiger partial charge in [-0.2, -0.15) is 4.98 Å². The van der Waals surface area contributed by atoms with Gasteiger partial charge in [-0.15, -0.1) is 0 Å². The number of rotatable bonds is 4. The number of carbonyl (C=O) groups is 2. The second-order valence-electron chi connectivity index (χ2n) is 5.86. The Morgan fingerprint density at radius 1 is 1.50 bits per heavy atom. The molecule has 1 aliphatic rings. The van der Waals surface area contributed by atoms with Gasteiger partial charge < -0.3 is 14.7 Å². The average molecular weight is 332 g/mol. The number of benzene rings is 1. The van der Waals surface area contributed by atoms with Crippen LogP contribution in [0, 0.1) is 18.7 Å². The Morgan fingerprint density at radius 3 is 2.96 bits per heavy atom. The second-order valence-corrected chi connectivity index (χ2v) is 5.86. The lowest BCUT2D eigenvalue weighted by Gasteiger charge is -2.18. The molecule has 126 valence electrons. The third kappa shape index (κ3) is 3.12. The van der Waals surface area contributed by atoms with Gasteiger partial charge in [0.05, 0.1) is 12.0 Å². The van der Waals surface area contributed by atoms with Crippen LogP contribution in [0.1, 0.15) is 30.8 Å². The number of hydrogen-bond acceptors (Lipinski definition) is 5. The zero-order chi connectivity index (χ0) is 17.3. The predicted molar refractivity (Wildman–Crippen MR) is 82.5 cm³/mol. The van der Waals surface area contributed by atoms with Gasteiger partial charge >= 0.3 is 0 Å². The van der Waals surface area contributed by atoms with Crippen LogP contribution in [0.15, 0.2) is 29.1 Å². The van der Waals surface area contributed by atoms with Crippen molar-refractivity contribution >= 4 is 17.5 Å². The van der Waals surface area contributed by atoms with Crippen LogP contribution in [0.5, 0.6) is 0 Å². The summed E-state index contributed by atoms with van der Waals surface area (Å²) in [6.07, 6.45) is 1.30. The average Bonchev–Trinajstić information content (AvgIpc) is 3.19. The summed E-state index contributed by atoms with van der Waals surface area (Å²) in [5.41, 5.74) is 1.05. The van der Waals surface area contributed by atoms with Crippen molar-refractivity contribution in [2.75, 3.05) is 11.4 Å². The highest BCUT2D eigenvalue weighted by Gasteiger charge is 2.36. The van der Waals surface area contributed by atoms with Gasteiger partial charge in [0, 0.05) is 18.7 Å². The number of nitrogens with zero attached hydrogens (tertiary/aromatic N) is 3. The first kappa shape index (κ1) is 16.1. The van der Waals surface area contributed by atoms with Crippen molar-refractivity contribution < 1.29 is 18.5 Å². The summed E-state index contributed by atoms with van der Waals surface area (Å²) in [4.78, 5) is 30.0. The zero-order valence-corrected chi connectivity index (χ0v) is 13.3. The lowest BCUT2D eigenvalue weighted by atomic mass is 10.1. The molecule has 1 N–H and O–H groups in total. The van der Waals surface area contributed by atoms with Crippen LogP contribution in [-0.2, 0) is 9.59 Å². The molecule has 7 nitrogen and oxygen atoms in total. The fourth-order valence-corrected chi connectivity index (χ4v) is 2.69. The smallest absolute Gasteiger partial charge is 0.227 e. The van der Waals surface area contributed by atoms with Crippen molar-refractivity contribution in [3.63, 3.8) is 0 Å². The first-order chi connectivity index (χ1) is 11.5. The van der Waals surface area contributed by atoms with Gasteiger partial charge in [-0.05, 0) is 37.6 Å². The first-order valence-corrected chi connectivity index (χ1v) is 7.59. The molecule has 2 atom stereocenters. The maximum absolute atomic E-state index is 13.4. The standard InChI is InChI=1S/C16H17FN4O3/c1-9-5-12(3-4-13(9)17)21-7-11(6-14(21)22)16(23)19-10(2)15-18-8-24-20-15/h3-5,8,10-11H,6-7H2,1-2H3,(H,19,23)/t10-,11-/m1/s1. The van der Waals surface area contributed by atoms with E-state index in [1.807, 2.05) is 0 Å². The van der Waals surface area contributed by atoms with Crippen molar-refractivity contribution in [3.05, 3.63) is 41.8 Å². The Labute approximate surface area is 137 Å². The van der Waals surface area contributed by atoms with Gasteiger partial charge in [0.1, 0.15) is 5.82 Å². The number of aromatic nitrogens is 2. The van der Waals surface area contributed by atoms with Gasteiger partial charge in [0.2, 0.25) is 18.2 Å². The van der Waals surface area contributed by atoms with Crippen molar-refractivity contribution in [1.82, 2.24) is 15.5 Å². The number of carbonyl (C=O) groups excluding carboxylic acids is 2. The van der Waals surface area contributed by atoms with Crippen LogP contribution in [0.25, 0.3) is 0 Å². The summed E-state index contributed by atoms with van der Waals surface area (Å²) >= 11 is 0. The van der Waals surface area contributed by atoms with Gasteiger partial charge in [0.25, 0.3) is 0 Å². The molecule has 1 aromatic carbocycles. The van der Waals surface area contributed by atoms with E-state index in [1.165, 1.54) is 17.4 Å². The Morgan fingerprint density at radius 2 is 2.29 bits per heavy atom. The molecule has 0 aliphatic carbocycles. The molecule has 1 fully saturated rings. The SMILES string of the molecule is Cc1cc(N2C[C@H](C(=O)N[C@H](C)c3ncon3)CC2=O)ccc1F. The van der Waals surface area contributed by atoms with E-state index in [-0.39, 0.29) is 30.6 Å². The third-order valence-electron chi connectivity index (χ3n) is 4.07. The summed E-state index contributed by atoms with van der Waals surface area (Å²) in [6.45, 7) is 3.63. The van der Waals surface area contributed by atoms with Crippen LogP contribution in [0.3, 0.4) is 0 Å². The van der Waals surface area contributed by atoms with Gasteiger partial charge in [-0.1, -0.05) is 5.16 Å². The number of aryl methyl sites for hydroxylation is 1.